The number of anilines is 1. The summed E-state index contributed by atoms with van der Waals surface area (Å²) in [5.41, 5.74) is 2.18. The van der Waals surface area contributed by atoms with Crippen molar-refractivity contribution in [3.63, 3.8) is 0 Å². The van der Waals surface area contributed by atoms with E-state index in [1.807, 2.05) is 42.6 Å². The van der Waals surface area contributed by atoms with Gasteiger partial charge in [-0.2, -0.15) is 0 Å². The Labute approximate surface area is 144 Å². The highest BCUT2D eigenvalue weighted by molar-refractivity contribution is 7.11. The molecule has 1 aromatic carbocycles. The molecule has 0 fully saturated rings. The minimum atomic E-state index is -0.353. The average molecular weight is 342 g/mol. The summed E-state index contributed by atoms with van der Waals surface area (Å²) in [4.78, 5) is 29.7. The summed E-state index contributed by atoms with van der Waals surface area (Å²) in [6, 6.07) is 11.0. The Morgan fingerprint density at radius 1 is 1.12 bits per heavy atom. The van der Waals surface area contributed by atoms with Gasteiger partial charge < -0.3 is 10.0 Å². The highest BCUT2D eigenvalue weighted by atomic mass is 32.1. The lowest BCUT2D eigenvalue weighted by Gasteiger charge is -2.21. The van der Waals surface area contributed by atoms with E-state index in [1.165, 1.54) is 16.2 Å². The molecule has 0 saturated heterocycles. The second-order valence-corrected chi connectivity index (χ2v) is 6.53. The van der Waals surface area contributed by atoms with E-state index in [0.29, 0.717) is 17.0 Å². The van der Waals surface area contributed by atoms with Crippen molar-refractivity contribution in [2.75, 3.05) is 25.1 Å². The fourth-order valence-corrected chi connectivity index (χ4v) is 3.57. The maximum atomic E-state index is 13.1. The number of rotatable bonds is 5. The fraction of sp³-hybridized carbons (Fsp3) is 0.222. The first-order valence-corrected chi connectivity index (χ1v) is 8.48. The molecule has 2 heterocycles. The van der Waals surface area contributed by atoms with Crippen LogP contribution in [0.15, 0.2) is 47.5 Å². The normalized spacial score (nSPS) is 14.7. The minimum absolute atomic E-state index is 0.0937. The zero-order valence-electron chi connectivity index (χ0n) is 13.5. The first-order chi connectivity index (χ1) is 11.6. The van der Waals surface area contributed by atoms with E-state index in [-0.39, 0.29) is 25.0 Å². The van der Waals surface area contributed by atoms with E-state index >= 15 is 0 Å². The molecular formula is C18H18N2O3S. The average Bonchev–Trinajstić information content (AvgIpc) is 3.15. The Bertz CT molecular complexity index is 811. The zero-order valence-corrected chi connectivity index (χ0v) is 14.3. The largest absolute Gasteiger partial charge is 0.395 e. The number of amides is 2. The summed E-state index contributed by atoms with van der Waals surface area (Å²) in [5, 5.41) is 11.1. The van der Waals surface area contributed by atoms with E-state index in [9.17, 15) is 14.7 Å². The molecule has 6 heteroatoms. The second kappa shape index (κ2) is 6.59. The maximum absolute atomic E-state index is 13.1. The van der Waals surface area contributed by atoms with E-state index in [0.717, 1.165) is 10.4 Å². The molecular weight excluding hydrogens is 324 g/mol. The molecule has 0 unspecified atom stereocenters. The number of hydrogen-bond acceptors (Lipinski definition) is 5. The van der Waals surface area contributed by atoms with E-state index in [4.69, 9.17) is 0 Å². The molecule has 0 radical (unpaired) electrons. The molecule has 2 aromatic rings. The number of thiophene rings is 1. The Morgan fingerprint density at radius 2 is 1.88 bits per heavy atom. The monoisotopic (exact) mass is 342 g/mol. The lowest BCUT2D eigenvalue weighted by atomic mass is 10.1. The predicted molar refractivity (Wildman–Crippen MR) is 94.6 cm³/mol. The van der Waals surface area contributed by atoms with Crippen LogP contribution in [0.5, 0.6) is 0 Å². The number of aryl methyl sites for hydroxylation is 1. The van der Waals surface area contributed by atoms with Crippen LogP contribution in [0.4, 0.5) is 5.69 Å². The molecule has 24 heavy (non-hydrogen) atoms. The zero-order chi connectivity index (χ0) is 17.3. The summed E-state index contributed by atoms with van der Waals surface area (Å²) in [6.07, 6.45) is 0. The van der Waals surface area contributed by atoms with E-state index < -0.39 is 0 Å². The van der Waals surface area contributed by atoms with Gasteiger partial charge in [0.05, 0.1) is 17.9 Å². The van der Waals surface area contributed by atoms with Crippen LogP contribution >= 0.6 is 11.3 Å². The van der Waals surface area contributed by atoms with Crippen LogP contribution in [0.25, 0.3) is 5.57 Å². The van der Waals surface area contributed by atoms with Crippen LogP contribution in [0.3, 0.4) is 0 Å². The fourth-order valence-electron chi connectivity index (χ4n) is 2.81. The van der Waals surface area contributed by atoms with Crippen LogP contribution in [-0.2, 0) is 9.59 Å². The standard InChI is InChI=1S/C18H18N2O3S/c1-12-6-3-4-7-13(12)20-17(22)15(14-8-5-11-24-14)16(18(20)23)19(2)9-10-21/h3-8,11,21H,9-10H2,1-2H3. The van der Waals surface area contributed by atoms with Gasteiger partial charge in [-0.05, 0) is 30.0 Å². The van der Waals surface area contributed by atoms with Gasteiger partial charge in [0.2, 0.25) is 0 Å². The molecule has 0 spiro atoms. The number of hydrogen-bond donors (Lipinski definition) is 1. The van der Waals surface area contributed by atoms with Crippen molar-refractivity contribution in [2.24, 2.45) is 0 Å². The highest BCUT2D eigenvalue weighted by Gasteiger charge is 2.42. The van der Waals surface area contributed by atoms with Crippen molar-refractivity contribution >= 4 is 34.4 Å². The lowest BCUT2D eigenvalue weighted by Crippen LogP contribution is -2.35. The van der Waals surface area contributed by atoms with Crippen molar-refractivity contribution in [3.8, 4) is 0 Å². The molecule has 0 saturated carbocycles. The van der Waals surface area contributed by atoms with Gasteiger partial charge in [-0.25, -0.2) is 4.90 Å². The minimum Gasteiger partial charge on any atom is -0.395 e. The van der Waals surface area contributed by atoms with Crippen molar-refractivity contribution in [2.45, 2.75) is 6.92 Å². The predicted octanol–water partition coefficient (Wildman–Crippen LogP) is 2.27. The van der Waals surface area contributed by atoms with E-state index in [1.54, 1.807) is 18.0 Å². The smallest absolute Gasteiger partial charge is 0.282 e. The summed E-state index contributed by atoms with van der Waals surface area (Å²) < 4.78 is 0. The molecule has 1 aliphatic rings. The third-order valence-corrected chi connectivity index (χ3v) is 4.89. The summed E-state index contributed by atoms with van der Waals surface area (Å²) in [6.45, 7) is 2.06. The molecule has 5 nitrogen and oxygen atoms in total. The summed E-state index contributed by atoms with van der Waals surface area (Å²) >= 11 is 1.42. The van der Waals surface area contributed by atoms with Crippen LogP contribution in [-0.4, -0.2) is 42.0 Å². The number of carbonyl (C=O) groups is 2. The summed E-state index contributed by atoms with van der Waals surface area (Å²) in [5.74, 6) is -0.676. The molecule has 1 aliphatic heterocycles. The number of carbonyl (C=O) groups excluding carboxylic acids is 2. The van der Waals surface area contributed by atoms with Crippen LogP contribution in [0, 0.1) is 6.92 Å². The highest BCUT2D eigenvalue weighted by Crippen LogP contribution is 2.36. The molecule has 1 N–H and O–H groups in total. The Balaban J connectivity index is 2.13. The molecule has 0 atom stereocenters. The van der Waals surface area contributed by atoms with Crippen LogP contribution in [0.1, 0.15) is 10.4 Å². The third kappa shape index (κ3) is 2.64. The number of nitrogens with zero attached hydrogens (tertiary/aromatic N) is 2. The van der Waals surface area contributed by atoms with Crippen molar-refractivity contribution < 1.29 is 14.7 Å². The summed E-state index contributed by atoms with van der Waals surface area (Å²) in [7, 11) is 1.71. The Kier molecular flexibility index (Phi) is 4.51. The third-order valence-electron chi connectivity index (χ3n) is 4.00. The molecule has 124 valence electrons. The Morgan fingerprint density at radius 3 is 2.50 bits per heavy atom. The number of aliphatic hydroxyl groups is 1. The van der Waals surface area contributed by atoms with Gasteiger partial charge in [0.15, 0.2) is 0 Å². The van der Waals surface area contributed by atoms with Gasteiger partial charge in [0.25, 0.3) is 11.8 Å². The second-order valence-electron chi connectivity index (χ2n) is 5.58. The van der Waals surface area contributed by atoms with E-state index in [2.05, 4.69) is 0 Å². The molecule has 0 aliphatic carbocycles. The molecule has 1 aromatic heterocycles. The van der Waals surface area contributed by atoms with Gasteiger partial charge in [0.1, 0.15) is 5.70 Å². The first-order valence-electron chi connectivity index (χ1n) is 7.60. The maximum Gasteiger partial charge on any atom is 0.282 e. The molecule has 3 rings (SSSR count). The number of imide groups is 1. The SMILES string of the molecule is Cc1ccccc1N1C(=O)C(c2cccs2)=C(N(C)CCO)C1=O. The first kappa shape index (κ1) is 16.4. The number of para-hydroxylation sites is 1. The lowest BCUT2D eigenvalue weighted by molar-refractivity contribution is -0.120. The van der Waals surface area contributed by atoms with Gasteiger partial charge in [-0.3, -0.25) is 9.59 Å². The van der Waals surface area contributed by atoms with Crippen molar-refractivity contribution in [3.05, 3.63) is 57.9 Å². The quantitative estimate of drug-likeness (QED) is 0.847. The Hall–Kier alpha value is -2.44. The van der Waals surface area contributed by atoms with Gasteiger partial charge in [-0.15, -0.1) is 11.3 Å². The van der Waals surface area contributed by atoms with Crippen molar-refractivity contribution in [1.82, 2.24) is 4.90 Å². The van der Waals surface area contributed by atoms with Crippen LogP contribution in [0.2, 0.25) is 0 Å². The van der Waals surface area contributed by atoms with Gasteiger partial charge in [0, 0.05) is 18.5 Å². The number of aliphatic hydroxyl groups excluding tert-OH is 1. The van der Waals surface area contributed by atoms with Crippen molar-refractivity contribution in [1.29, 1.82) is 0 Å². The number of likely N-dealkylation sites (N-methyl/N-ethyl adjacent to an activating group) is 1. The number of benzene rings is 1. The topological polar surface area (TPSA) is 60.9 Å². The van der Waals surface area contributed by atoms with Gasteiger partial charge in [-0.1, -0.05) is 24.3 Å². The van der Waals surface area contributed by atoms with Gasteiger partial charge >= 0.3 is 0 Å². The molecule has 2 amide bonds. The molecule has 0 bridgehead atoms. The van der Waals surface area contributed by atoms with Crippen LogP contribution < -0.4 is 4.90 Å².